The van der Waals surface area contributed by atoms with Gasteiger partial charge in [-0.25, -0.2) is 4.79 Å². The topological polar surface area (TPSA) is 66.8 Å². The number of aliphatic hydroxyl groups is 2. The maximum atomic E-state index is 10.7. The molecular weight excluding hydrogens is 148 g/mol. The van der Waals surface area contributed by atoms with E-state index in [1.165, 1.54) is 0 Å². The van der Waals surface area contributed by atoms with Gasteiger partial charge in [-0.1, -0.05) is 6.92 Å². The third-order valence-electron chi connectivity index (χ3n) is 1.31. The molecule has 0 heterocycles. The Morgan fingerprint density at radius 3 is 2.36 bits per heavy atom. The van der Waals surface area contributed by atoms with Gasteiger partial charge in [0.2, 0.25) is 0 Å². The van der Waals surface area contributed by atoms with Crippen LogP contribution in [0, 0.1) is 0 Å². The first-order valence-electron chi connectivity index (χ1n) is 3.66. The number of rotatable bonds is 4. The van der Waals surface area contributed by atoms with Gasteiger partial charge in [-0.15, -0.1) is 0 Å². The lowest BCUT2D eigenvalue weighted by Crippen LogP contribution is -2.34. The quantitative estimate of drug-likeness (QED) is 0.556. The summed E-state index contributed by atoms with van der Waals surface area (Å²) in [6, 6.07) is 0. The molecular formula is C7H14O4. The van der Waals surface area contributed by atoms with Crippen molar-refractivity contribution in [2.75, 3.05) is 6.61 Å². The molecule has 0 aromatic carbocycles. The Hall–Kier alpha value is -0.610. The minimum Gasteiger partial charge on any atom is -0.464 e. The van der Waals surface area contributed by atoms with E-state index in [1.54, 1.807) is 13.8 Å². The average molecular weight is 162 g/mol. The second kappa shape index (κ2) is 5.09. The molecule has 0 unspecified atom stereocenters. The molecule has 0 saturated heterocycles. The van der Waals surface area contributed by atoms with E-state index in [0.29, 0.717) is 6.42 Å². The van der Waals surface area contributed by atoms with Crippen LogP contribution in [0.25, 0.3) is 0 Å². The summed E-state index contributed by atoms with van der Waals surface area (Å²) in [6.45, 7) is 3.53. The number of carbonyl (C=O) groups is 1. The Labute approximate surface area is 65.8 Å². The lowest BCUT2D eigenvalue weighted by atomic mass is 10.1. The van der Waals surface area contributed by atoms with Gasteiger partial charge in [0.15, 0.2) is 6.10 Å². The fraction of sp³-hybridized carbons (Fsp3) is 0.857. The number of hydrogen-bond acceptors (Lipinski definition) is 4. The van der Waals surface area contributed by atoms with Crippen LogP contribution in [0.5, 0.6) is 0 Å². The first kappa shape index (κ1) is 10.4. The van der Waals surface area contributed by atoms with Gasteiger partial charge in [0.25, 0.3) is 0 Å². The van der Waals surface area contributed by atoms with Gasteiger partial charge >= 0.3 is 5.97 Å². The Morgan fingerprint density at radius 2 is 2.00 bits per heavy atom. The maximum Gasteiger partial charge on any atom is 0.337 e. The molecule has 0 aromatic rings. The third-order valence-corrected chi connectivity index (χ3v) is 1.31. The summed E-state index contributed by atoms with van der Waals surface area (Å²) in [7, 11) is 0. The van der Waals surface area contributed by atoms with Crippen molar-refractivity contribution in [3.8, 4) is 0 Å². The van der Waals surface area contributed by atoms with Gasteiger partial charge in [0.1, 0.15) is 0 Å². The van der Waals surface area contributed by atoms with Crippen molar-refractivity contribution in [1.29, 1.82) is 0 Å². The fourth-order valence-corrected chi connectivity index (χ4v) is 0.608. The summed E-state index contributed by atoms with van der Waals surface area (Å²) < 4.78 is 4.48. The van der Waals surface area contributed by atoms with E-state index >= 15 is 0 Å². The molecule has 4 heteroatoms. The van der Waals surface area contributed by atoms with E-state index in [9.17, 15) is 4.79 Å². The predicted molar refractivity (Wildman–Crippen MR) is 38.9 cm³/mol. The molecule has 0 rings (SSSR count). The Morgan fingerprint density at radius 1 is 1.45 bits per heavy atom. The van der Waals surface area contributed by atoms with Crippen LogP contribution in [0.1, 0.15) is 20.3 Å². The summed E-state index contributed by atoms with van der Waals surface area (Å²) in [5.41, 5.74) is 0. The normalized spacial score (nSPS) is 15.6. The lowest BCUT2D eigenvalue weighted by Gasteiger charge is -2.13. The van der Waals surface area contributed by atoms with E-state index in [4.69, 9.17) is 10.2 Å². The van der Waals surface area contributed by atoms with Crippen molar-refractivity contribution in [2.24, 2.45) is 0 Å². The van der Waals surface area contributed by atoms with Gasteiger partial charge in [-0.2, -0.15) is 0 Å². The minimum absolute atomic E-state index is 0.215. The van der Waals surface area contributed by atoms with Crippen molar-refractivity contribution in [3.05, 3.63) is 0 Å². The zero-order chi connectivity index (χ0) is 8.85. The first-order valence-corrected chi connectivity index (χ1v) is 3.66. The molecule has 0 aliphatic rings. The van der Waals surface area contributed by atoms with Crippen LogP contribution in [-0.2, 0) is 9.53 Å². The molecule has 2 atom stereocenters. The zero-order valence-corrected chi connectivity index (χ0v) is 6.78. The van der Waals surface area contributed by atoms with Crippen LogP contribution in [0.4, 0.5) is 0 Å². The molecule has 0 aromatic heterocycles. The molecule has 0 amide bonds. The molecule has 0 radical (unpaired) electrons. The summed E-state index contributed by atoms with van der Waals surface area (Å²) >= 11 is 0. The van der Waals surface area contributed by atoms with Crippen LogP contribution >= 0.6 is 0 Å². The van der Waals surface area contributed by atoms with E-state index in [0.717, 1.165) is 0 Å². The smallest absolute Gasteiger partial charge is 0.337 e. The highest BCUT2D eigenvalue weighted by Gasteiger charge is 2.23. The molecule has 66 valence electrons. The van der Waals surface area contributed by atoms with Crippen molar-refractivity contribution >= 4 is 5.97 Å². The van der Waals surface area contributed by atoms with Crippen LogP contribution < -0.4 is 0 Å². The van der Waals surface area contributed by atoms with Gasteiger partial charge in [-0.05, 0) is 13.3 Å². The van der Waals surface area contributed by atoms with Crippen molar-refractivity contribution in [2.45, 2.75) is 32.5 Å². The molecule has 0 fully saturated rings. The van der Waals surface area contributed by atoms with Gasteiger partial charge < -0.3 is 14.9 Å². The van der Waals surface area contributed by atoms with Crippen molar-refractivity contribution in [3.63, 3.8) is 0 Å². The molecule has 11 heavy (non-hydrogen) atoms. The number of esters is 1. The van der Waals surface area contributed by atoms with Gasteiger partial charge in [0, 0.05) is 0 Å². The van der Waals surface area contributed by atoms with Crippen LogP contribution in [0.3, 0.4) is 0 Å². The third kappa shape index (κ3) is 3.34. The minimum atomic E-state index is -1.40. The summed E-state index contributed by atoms with van der Waals surface area (Å²) in [6.07, 6.45) is -2.09. The van der Waals surface area contributed by atoms with Crippen molar-refractivity contribution < 1.29 is 19.7 Å². The highest BCUT2D eigenvalue weighted by atomic mass is 16.5. The van der Waals surface area contributed by atoms with E-state index in [-0.39, 0.29) is 6.61 Å². The second-order valence-electron chi connectivity index (χ2n) is 2.17. The van der Waals surface area contributed by atoms with E-state index in [2.05, 4.69) is 4.74 Å². The second-order valence-corrected chi connectivity index (χ2v) is 2.17. The lowest BCUT2D eigenvalue weighted by molar-refractivity contribution is -0.159. The highest BCUT2D eigenvalue weighted by molar-refractivity contribution is 5.74. The molecule has 2 N–H and O–H groups in total. The average Bonchev–Trinajstić information content (AvgIpc) is 2.02. The predicted octanol–water partition coefficient (Wildman–Crippen LogP) is -0.319. The zero-order valence-electron chi connectivity index (χ0n) is 6.78. The Kier molecular flexibility index (Phi) is 4.81. The Balaban J connectivity index is 3.80. The summed E-state index contributed by atoms with van der Waals surface area (Å²) in [5.74, 6) is -0.762. The fourth-order valence-electron chi connectivity index (χ4n) is 0.608. The monoisotopic (exact) mass is 162 g/mol. The standard InChI is InChI=1S/C7H14O4/c1-3-5(8)6(9)7(10)11-4-2/h5-6,8-9H,3-4H2,1-2H3/t5-,6+/m0/s1. The first-order chi connectivity index (χ1) is 5.13. The maximum absolute atomic E-state index is 10.7. The Bertz CT molecular complexity index is 124. The van der Waals surface area contributed by atoms with E-state index in [1.807, 2.05) is 0 Å². The molecule has 0 saturated carbocycles. The number of hydrogen-bond donors (Lipinski definition) is 2. The van der Waals surface area contributed by atoms with Crippen LogP contribution in [-0.4, -0.2) is 35.0 Å². The highest BCUT2D eigenvalue weighted by Crippen LogP contribution is 1.99. The SMILES string of the molecule is CCOC(=O)[C@H](O)[C@@H](O)CC. The van der Waals surface area contributed by atoms with Crippen molar-refractivity contribution in [1.82, 2.24) is 0 Å². The number of carbonyl (C=O) groups excluding carboxylic acids is 1. The molecule has 4 nitrogen and oxygen atoms in total. The molecule has 0 spiro atoms. The molecule has 0 aliphatic carbocycles. The number of aliphatic hydroxyl groups excluding tert-OH is 2. The largest absolute Gasteiger partial charge is 0.464 e. The van der Waals surface area contributed by atoms with E-state index < -0.39 is 18.2 Å². The summed E-state index contributed by atoms with van der Waals surface area (Å²) in [4.78, 5) is 10.7. The van der Waals surface area contributed by atoms with Gasteiger partial charge in [-0.3, -0.25) is 0 Å². The molecule has 0 bridgehead atoms. The van der Waals surface area contributed by atoms with Gasteiger partial charge in [0.05, 0.1) is 12.7 Å². The van der Waals surface area contributed by atoms with Crippen LogP contribution in [0.2, 0.25) is 0 Å². The molecule has 0 aliphatic heterocycles. The van der Waals surface area contributed by atoms with Crippen LogP contribution in [0.15, 0.2) is 0 Å². The summed E-state index contributed by atoms with van der Waals surface area (Å²) in [5, 5.41) is 18.0. The number of ether oxygens (including phenoxy) is 1.